The van der Waals surface area contributed by atoms with Gasteiger partial charge >= 0.3 is 0 Å². The summed E-state index contributed by atoms with van der Waals surface area (Å²) in [4.78, 5) is 33.5. The van der Waals surface area contributed by atoms with Gasteiger partial charge in [0.25, 0.3) is 11.5 Å². The van der Waals surface area contributed by atoms with Gasteiger partial charge in [-0.3, -0.25) is 19.1 Å². The molecule has 1 aromatic heterocycles. The van der Waals surface area contributed by atoms with Crippen molar-refractivity contribution < 1.29 is 4.79 Å². The van der Waals surface area contributed by atoms with Gasteiger partial charge in [0.2, 0.25) is 0 Å². The number of hydrogen-bond donors (Lipinski definition) is 0. The maximum Gasteiger partial charge on any atom is 0.270 e. The number of piperazine rings is 1. The largest absolute Gasteiger partial charge is 0.355 e. The lowest BCUT2D eigenvalue weighted by atomic mass is 10.0. The molecule has 2 fully saturated rings. The van der Waals surface area contributed by atoms with E-state index in [2.05, 4.69) is 22.8 Å². The van der Waals surface area contributed by atoms with Crippen molar-refractivity contribution in [2.24, 2.45) is 0 Å². The maximum absolute atomic E-state index is 13.4. The fraction of sp³-hybridized carbons (Fsp3) is 0.407. The van der Waals surface area contributed by atoms with Crippen LogP contribution in [0.1, 0.15) is 42.5 Å². The molecule has 0 unspecified atom stereocenters. The predicted molar refractivity (Wildman–Crippen MR) is 150 cm³/mol. The van der Waals surface area contributed by atoms with Crippen molar-refractivity contribution in [1.29, 1.82) is 5.26 Å². The van der Waals surface area contributed by atoms with Crippen LogP contribution in [0.5, 0.6) is 0 Å². The van der Waals surface area contributed by atoms with Crippen LogP contribution in [0.3, 0.4) is 0 Å². The van der Waals surface area contributed by atoms with E-state index in [1.165, 1.54) is 11.8 Å². The molecule has 9 heteroatoms. The van der Waals surface area contributed by atoms with Crippen LogP contribution < -0.4 is 10.5 Å². The molecule has 2 saturated heterocycles. The Balaban J connectivity index is 1.80. The van der Waals surface area contributed by atoms with E-state index in [1.54, 1.807) is 16.4 Å². The number of likely N-dealkylation sites (N-methyl/N-ethyl adjacent to an activating group) is 1. The van der Waals surface area contributed by atoms with Crippen LogP contribution in [-0.2, 0) is 17.9 Å². The molecule has 7 nitrogen and oxygen atoms in total. The molecule has 0 radical (unpaired) electrons. The van der Waals surface area contributed by atoms with Crippen molar-refractivity contribution in [2.75, 3.05) is 37.6 Å². The summed E-state index contributed by atoms with van der Waals surface area (Å²) in [5.74, 6) is 0.643. The molecular weight excluding hydrogens is 490 g/mol. The molecule has 0 N–H and O–H groups in total. The monoisotopic (exact) mass is 521 g/mol. The number of pyridine rings is 1. The highest BCUT2D eigenvalue weighted by Crippen LogP contribution is 2.36. The van der Waals surface area contributed by atoms with Crippen LogP contribution in [0.25, 0.3) is 6.08 Å². The summed E-state index contributed by atoms with van der Waals surface area (Å²) >= 11 is 6.84. The first-order valence-electron chi connectivity index (χ1n) is 12.3. The SMILES string of the molecule is CCCn1c(N2CCN(CC)CC2)c(/C=C2/SC(=S)N(Cc3ccccc3)C2=O)c(C)c(C#N)c1=O. The Morgan fingerprint density at radius 2 is 1.81 bits per heavy atom. The van der Waals surface area contributed by atoms with Crippen LogP contribution in [0.15, 0.2) is 40.0 Å². The average Bonchev–Trinajstić information content (AvgIpc) is 3.15. The third kappa shape index (κ3) is 5.12. The number of anilines is 1. The number of carbonyl (C=O) groups is 1. The Bertz CT molecular complexity index is 1290. The van der Waals surface area contributed by atoms with E-state index in [0.717, 1.165) is 56.1 Å². The second-order valence-corrected chi connectivity index (χ2v) is 10.7. The van der Waals surface area contributed by atoms with E-state index in [4.69, 9.17) is 12.2 Å². The van der Waals surface area contributed by atoms with Crippen molar-refractivity contribution >= 4 is 46.1 Å². The number of thiocarbonyl (C=S) groups is 1. The van der Waals surface area contributed by atoms with Gasteiger partial charge in [0.15, 0.2) is 0 Å². The fourth-order valence-corrected chi connectivity index (χ4v) is 5.96. The van der Waals surface area contributed by atoms with E-state index < -0.39 is 0 Å². The van der Waals surface area contributed by atoms with E-state index in [0.29, 0.717) is 27.9 Å². The highest BCUT2D eigenvalue weighted by Gasteiger charge is 2.33. The molecule has 0 saturated carbocycles. The molecule has 0 atom stereocenters. The molecule has 2 aromatic rings. The van der Waals surface area contributed by atoms with Crippen molar-refractivity contribution in [1.82, 2.24) is 14.4 Å². The molecule has 4 rings (SSSR count). The van der Waals surface area contributed by atoms with Crippen molar-refractivity contribution in [3.05, 3.63) is 67.8 Å². The highest BCUT2D eigenvalue weighted by atomic mass is 32.2. The summed E-state index contributed by atoms with van der Waals surface area (Å²) in [6.45, 7) is 11.2. The second-order valence-electron chi connectivity index (χ2n) is 8.98. The number of carbonyl (C=O) groups excluding carboxylic acids is 1. The molecule has 36 heavy (non-hydrogen) atoms. The first-order valence-corrected chi connectivity index (χ1v) is 13.6. The minimum Gasteiger partial charge on any atom is -0.355 e. The molecule has 2 aliphatic heterocycles. The zero-order chi connectivity index (χ0) is 25.8. The van der Waals surface area contributed by atoms with Crippen LogP contribution in [0.4, 0.5) is 5.82 Å². The minimum atomic E-state index is -0.265. The van der Waals surface area contributed by atoms with Gasteiger partial charge in [0, 0.05) is 38.3 Å². The summed E-state index contributed by atoms with van der Waals surface area (Å²) in [6, 6.07) is 11.9. The first kappa shape index (κ1) is 26.1. The number of benzene rings is 1. The van der Waals surface area contributed by atoms with E-state index in [1.807, 2.05) is 43.3 Å². The molecule has 188 valence electrons. The van der Waals surface area contributed by atoms with Crippen LogP contribution in [0, 0.1) is 18.3 Å². The molecule has 1 amide bonds. The molecular formula is C27H31N5O2S2. The normalized spacial score (nSPS) is 17.8. The Kier molecular flexibility index (Phi) is 8.29. The molecule has 0 aliphatic carbocycles. The van der Waals surface area contributed by atoms with Gasteiger partial charge < -0.3 is 9.80 Å². The van der Waals surface area contributed by atoms with Gasteiger partial charge in [-0.2, -0.15) is 5.26 Å². The number of thioether (sulfide) groups is 1. The minimum absolute atomic E-state index is 0.130. The standard InChI is InChI=1S/C27H31N5O2S2/c1-4-11-31-24(30-14-12-29(5-2)13-15-30)21(19(3)22(17-28)25(31)33)16-23-26(34)32(27(35)36-23)18-20-9-7-6-8-10-20/h6-10,16H,4-5,11-15,18H2,1-3H3/b23-16+. The second kappa shape index (κ2) is 11.4. The van der Waals surface area contributed by atoms with Gasteiger partial charge in [0.05, 0.1) is 11.4 Å². The average molecular weight is 522 g/mol. The van der Waals surface area contributed by atoms with Gasteiger partial charge in [0.1, 0.15) is 21.8 Å². The quantitative estimate of drug-likeness (QED) is 0.403. The lowest BCUT2D eigenvalue weighted by Crippen LogP contribution is -2.48. The predicted octanol–water partition coefficient (Wildman–Crippen LogP) is 3.98. The van der Waals surface area contributed by atoms with Gasteiger partial charge in [-0.25, -0.2) is 0 Å². The number of nitrogens with zero attached hydrogens (tertiary/aromatic N) is 5. The van der Waals surface area contributed by atoms with Crippen molar-refractivity contribution in [2.45, 2.75) is 40.3 Å². The van der Waals surface area contributed by atoms with Crippen LogP contribution >= 0.6 is 24.0 Å². The van der Waals surface area contributed by atoms with E-state index >= 15 is 0 Å². The zero-order valence-electron chi connectivity index (χ0n) is 21.0. The lowest BCUT2D eigenvalue weighted by molar-refractivity contribution is -0.122. The molecule has 1 aromatic carbocycles. The maximum atomic E-state index is 13.4. The Labute approximate surface area is 222 Å². The Morgan fingerprint density at radius 1 is 1.11 bits per heavy atom. The number of rotatable bonds is 7. The summed E-state index contributed by atoms with van der Waals surface area (Å²) < 4.78 is 2.23. The smallest absolute Gasteiger partial charge is 0.270 e. The van der Waals surface area contributed by atoms with Crippen LogP contribution in [0.2, 0.25) is 0 Å². The third-order valence-corrected chi connectivity index (χ3v) is 8.12. The fourth-order valence-electron chi connectivity index (χ4n) is 4.73. The van der Waals surface area contributed by atoms with Gasteiger partial charge in [-0.05, 0) is 37.1 Å². The third-order valence-electron chi connectivity index (χ3n) is 6.75. The van der Waals surface area contributed by atoms with Crippen molar-refractivity contribution in [3.63, 3.8) is 0 Å². The number of nitriles is 1. The Morgan fingerprint density at radius 3 is 2.42 bits per heavy atom. The van der Waals surface area contributed by atoms with Gasteiger partial charge in [-0.15, -0.1) is 0 Å². The summed E-state index contributed by atoms with van der Waals surface area (Å²) in [5.41, 5.74) is 2.23. The molecule has 2 aliphatic rings. The summed E-state index contributed by atoms with van der Waals surface area (Å²) in [7, 11) is 0. The van der Waals surface area contributed by atoms with Crippen molar-refractivity contribution in [3.8, 4) is 6.07 Å². The topological polar surface area (TPSA) is 72.6 Å². The van der Waals surface area contributed by atoms with E-state index in [-0.39, 0.29) is 17.0 Å². The lowest BCUT2D eigenvalue weighted by Gasteiger charge is -2.37. The molecule has 3 heterocycles. The highest BCUT2D eigenvalue weighted by molar-refractivity contribution is 8.26. The number of hydrogen-bond acceptors (Lipinski definition) is 7. The Hall–Kier alpha value is -2.93. The summed E-state index contributed by atoms with van der Waals surface area (Å²) in [6.07, 6.45) is 2.60. The van der Waals surface area contributed by atoms with Gasteiger partial charge in [-0.1, -0.05) is 68.2 Å². The molecule has 0 spiro atoms. The first-order chi connectivity index (χ1) is 17.4. The number of amides is 1. The number of aromatic nitrogens is 1. The summed E-state index contributed by atoms with van der Waals surface area (Å²) in [5, 5.41) is 9.84. The molecule has 0 bridgehead atoms. The zero-order valence-corrected chi connectivity index (χ0v) is 22.6. The van der Waals surface area contributed by atoms with Crippen LogP contribution in [-0.4, -0.2) is 57.3 Å². The van der Waals surface area contributed by atoms with E-state index in [9.17, 15) is 14.9 Å².